The van der Waals surface area contributed by atoms with Crippen molar-refractivity contribution in [2.75, 3.05) is 20.3 Å². The number of nitrogens with one attached hydrogen (secondary N) is 1. The smallest absolute Gasteiger partial charge is 0.241 e. The van der Waals surface area contributed by atoms with Gasteiger partial charge in [0.15, 0.2) is 0 Å². The molecule has 0 bridgehead atoms. The van der Waals surface area contributed by atoms with Crippen LogP contribution in [-0.2, 0) is 21.3 Å². The topological polar surface area (TPSA) is 81.4 Å². The third-order valence-electron chi connectivity index (χ3n) is 3.97. The standard InChI is InChI=1S/C14H21FN2O3S/c1-20-7-6-14(4-5-14)10-17-21(18,19)13-8-12(15)3-2-11(13)9-16/h2-3,8,17H,4-7,9-10,16H2,1H3. The van der Waals surface area contributed by atoms with Gasteiger partial charge in [0.2, 0.25) is 10.0 Å². The summed E-state index contributed by atoms with van der Waals surface area (Å²) in [5.41, 5.74) is 5.92. The quantitative estimate of drug-likeness (QED) is 0.759. The zero-order chi connectivity index (χ0) is 15.5. The molecule has 0 radical (unpaired) electrons. The van der Waals surface area contributed by atoms with E-state index in [4.69, 9.17) is 10.5 Å². The number of rotatable bonds is 8. The first kappa shape index (κ1) is 16.4. The van der Waals surface area contributed by atoms with Crippen LogP contribution in [0.5, 0.6) is 0 Å². The summed E-state index contributed by atoms with van der Waals surface area (Å²) in [6, 6.07) is 3.63. The molecule has 0 unspecified atom stereocenters. The summed E-state index contributed by atoms with van der Waals surface area (Å²) in [4.78, 5) is -0.0764. The summed E-state index contributed by atoms with van der Waals surface area (Å²) in [5.74, 6) is -0.590. The van der Waals surface area contributed by atoms with Crippen molar-refractivity contribution >= 4 is 10.0 Å². The third kappa shape index (κ3) is 4.00. The Bertz CT molecular complexity index is 600. The molecular weight excluding hydrogens is 295 g/mol. The second-order valence-electron chi connectivity index (χ2n) is 5.52. The molecule has 0 aromatic heterocycles. The SMILES string of the molecule is COCCC1(CNS(=O)(=O)c2cc(F)ccc2CN)CC1. The molecule has 0 heterocycles. The highest BCUT2D eigenvalue weighted by atomic mass is 32.2. The molecule has 1 aliphatic carbocycles. The maximum absolute atomic E-state index is 13.3. The first-order chi connectivity index (χ1) is 9.92. The number of sulfonamides is 1. The van der Waals surface area contributed by atoms with E-state index >= 15 is 0 Å². The van der Waals surface area contributed by atoms with Crippen molar-refractivity contribution in [2.45, 2.75) is 30.7 Å². The van der Waals surface area contributed by atoms with Gasteiger partial charge in [-0.15, -0.1) is 0 Å². The van der Waals surface area contributed by atoms with Crippen molar-refractivity contribution in [1.82, 2.24) is 4.72 Å². The molecular formula is C14H21FN2O3S. The summed E-state index contributed by atoms with van der Waals surface area (Å²) in [7, 11) is -2.13. The van der Waals surface area contributed by atoms with Crippen molar-refractivity contribution in [2.24, 2.45) is 11.1 Å². The fourth-order valence-electron chi connectivity index (χ4n) is 2.28. The minimum Gasteiger partial charge on any atom is -0.385 e. The summed E-state index contributed by atoms with van der Waals surface area (Å²) >= 11 is 0. The van der Waals surface area contributed by atoms with Gasteiger partial charge in [-0.25, -0.2) is 17.5 Å². The second-order valence-corrected chi connectivity index (χ2v) is 7.26. The lowest BCUT2D eigenvalue weighted by Crippen LogP contribution is -2.31. The van der Waals surface area contributed by atoms with Crippen molar-refractivity contribution in [3.63, 3.8) is 0 Å². The number of ether oxygens (including phenoxy) is 1. The van der Waals surface area contributed by atoms with Crippen LogP contribution in [0.25, 0.3) is 0 Å². The van der Waals surface area contributed by atoms with E-state index in [0.29, 0.717) is 18.7 Å². The highest BCUT2D eigenvalue weighted by molar-refractivity contribution is 7.89. The average molecular weight is 316 g/mol. The molecule has 0 atom stereocenters. The predicted octanol–water partition coefficient (Wildman–Crippen LogP) is 1.38. The number of halogens is 1. The van der Waals surface area contributed by atoms with Gasteiger partial charge in [0.1, 0.15) is 5.82 Å². The van der Waals surface area contributed by atoms with Crippen LogP contribution in [0.15, 0.2) is 23.1 Å². The number of benzene rings is 1. The normalized spacial score (nSPS) is 16.9. The van der Waals surface area contributed by atoms with Crippen molar-refractivity contribution in [1.29, 1.82) is 0 Å². The average Bonchev–Trinajstić information content (AvgIpc) is 3.24. The van der Waals surface area contributed by atoms with E-state index in [2.05, 4.69) is 4.72 Å². The Morgan fingerprint density at radius 2 is 2.14 bits per heavy atom. The van der Waals surface area contributed by atoms with Crippen LogP contribution in [-0.4, -0.2) is 28.7 Å². The monoisotopic (exact) mass is 316 g/mol. The zero-order valence-electron chi connectivity index (χ0n) is 12.1. The summed E-state index contributed by atoms with van der Waals surface area (Å²) in [6.07, 6.45) is 2.77. The predicted molar refractivity (Wildman–Crippen MR) is 77.6 cm³/mol. The maximum Gasteiger partial charge on any atom is 0.241 e. The van der Waals surface area contributed by atoms with E-state index in [0.717, 1.165) is 25.3 Å². The molecule has 1 aromatic rings. The Morgan fingerprint density at radius 3 is 2.71 bits per heavy atom. The molecule has 3 N–H and O–H groups in total. The first-order valence-electron chi connectivity index (χ1n) is 6.90. The minimum absolute atomic E-state index is 0.0146. The van der Waals surface area contributed by atoms with Gasteiger partial charge in [-0.2, -0.15) is 0 Å². The van der Waals surface area contributed by atoms with Gasteiger partial charge in [0.05, 0.1) is 4.90 Å². The number of hydrogen-bond acceptors (Lipinski definition) is 4. The lowest BCUT2D eigenvalue weighted by molar-refractivity contribution is 0.173. The van der Waals surface area contributed by atoms with Gasteiger partial charge in [0.25, 0.3) is 0 Å². The molecule has 0 spiro atoms. The third-order valence-corrected chi connectivity index (χ3v) is 5.45. The van der Waals surface area contributed by atoms with E-state index in [-0.39, 0.29) is 16.9 Å². The highest BCUT2D eigenvalue weighted by Crippen LogP contribution is 2.48. The molecule has 1 aromatic carbocycles. The van der Waals surface area contributed by atoms with Crippen LogP contribution >= 0.6 is 0 Å². The van der Waals surface area contributed by atoms with Crippen LogP contribution in [0.4, 0.5) is 4.39 Å². The molecule has 2 rings (SSSR count). The molecule has 7 heteroatoms. The van der Waals surface area contributed by atoms with Crippen LogP contribution in [0.1, 0.15) is 24.8 Å². The Morgan fingerprint density at radius 1 is 1.43 bits per heavy atom. The lowest BCUT2D eigenvalue weighted by Gasteiger charge is -2.16. The Kier molecular flexibility index (Phi) is 4.98. The Labute approximate surface area is 124 Å². The van der Waals surface area contributed by atoms with E-state index in [1.54, 1.807) is 7.11 Å². The van der Waals surface area contributed by atoms with Crippen molar-refractivity contribution in [3.8, 4) is 0 Å². The molecule has 0 aliphatic heterocycles. The van der Waals surface area contributed by atoms with E-state index in [9.17, 15) is 12.8 Å². The Hall–Kier alpha value is -1.02. The lowest BCUT2D eigenvalue weighted by atomic mass is 10.0. The Balaban J connectivity index is 2.10. The van der Waals surface area contributed by atoms with Crippen molar-refractivity contribution in [3.05, 3.63) is 29.6 Å². The van der Waals surface area contributed by atoms with E-state index in [1.165, 1.54) is 12.1 Å². The molecule has 0 amide bonds. The van der Waals surface area contributed by atoms with Gasteiger partial charge in [-0.1, -0.05) is 6.07 Å². The van der Waals surface area contributed by atoms with E-state index in [1.807, 2.05) is 0 Å². The summed E-state index contributed by atoms with van der Waals surface area (Å²) in [6.45, 7) is 1.00. The fourth-order valence-corrected chi connectivity index (χ4v) is 3.70. The zero-order valence-corrected chi connectivity index (χ0v) is 12.9. The van der Waals surface area contributed by atoms with Crippen LogP contribution in [0, 0.1) is 11.2 Å². The number of hydrogen-bond donors (Lipinski definition) is 2. The van der Waals surface area contributed by atoms with Gasteiger partial charge in [-0.3, -0.25) is 0 Å². The fraction of sp³-hybridized carbons (Fsp3) is 0.571. The maximum atomic E-state index is 13.3. The van der Waals surface area contributed by atoms with E-state index < -0.39 is 15.8 Å². The molecule has 5 nitrogen and oxygen atoms in total. The van der Waals surface area contributed by atoms with Gasteiger partial charge in [0, 0.05) is 26.8 Å². The van der Waals surface area contributed by atoms with Crippen LogP contribution in [0.3, 0.4) is 0 Å². The van der Waals surface area contributed by atoms with Crippen molar-refractivity contribution < 1.29 is 17.5 Å². The second kappa shape index (κ2) is 6.39. The number of nitrogens with two attached hydrogens (primary N) is 1. The summed E-state index contributed by atoms with van der Waals surface area (Å²) in [5, 5.41) is 0. The first-order valence-corrected chi connectivity index (χ1v) is 8.38. The van der Waals surface area contributed by atoms with Gasteiger partial charge < -0.3 is 10.5 Å². The molecule has 0 saturated heterocycles. The highest BCUT2D eigenvalue weighted by Gasteiger charge is 2.42. The van der Waals surface area contributed by atoms with Gasteiger partial charge in [-0.05, 0) is 42.4 Å². The largest absolute Gasteiger partial charge is 0.385 e. The minimum atomic E-state index is -3.75. The van der Waals surface area contributed by atoms with Crippen LogP contribution in [0.2, 0.25) is 0 Å². The molecule has 118 valence electrons. The molecule has 1 fully saturated rings. The molecule has 1 aliphatic rings. The van der Waals surface area contributed by atoms with Gasteiger partial charge >= 0.3 is 0 Å². The van der Waals surface area contributed by atoms with Crippen LogP contribution < -0.4 is 10.5 Å². The summed E-state index contributed by atoms with van der Waals surface area (Å²) < 4.78 is 45.6. The molecule has 21 heavy (non-hydrogen) atoms. The number of methoxy groups -OCH3 is 1. The molecule has 1 saturated carbocycles.